The van der Waals surface area contributed by atoms with Crippen molar-refractivity contribution in [3.63, 3.8) is 0 Å². The Labute approximate surface area is 115 Å². The third-order valence-corrected chi connectivity index (χ3v) is 3.15. The molecule has 0 saturated heterocycles. The summed E-state index contributed by atoms with van der Waals surface area (Å²) in [4.78, 5) is 0. The van der Waals surface area contributed by atoms with Crippen LogP contribution in [-0.4, -0.2) is 42.1 Å². The van der Waals surface area contributed by atoms with Gasteiger partial charge in [0, 0.05) is 32.7 Å². The van der Waals surface area contributed by atoms with Crippen LogP contribution in [-0.2, 0) is 11.2 Å². The molecule has 1 aromatic rings. The van der Waals surface area contributed by atoms with Crippen LogP contribution in [0.5, 0.6) is 5.75 Å². The van der Waals surface area contributed by atoms with Crippen LogP contribution in [0.15, 0.2) is 24.3 Å². The van der Waals surface area contributed by atoms with Gasteiger partial charge in [-0.05, 0) is 38.0 Å². The van der Waals surface area contributed by atoms with E-state index in [0.29, 0.717) is 19.6 Å². The fraction of sp³-hybridized carbons (Fsp3) is 0.600. The molecule has 0 fully saturated rings. The molecule has 0 spiro atoms. The van der Waals surface area contributed by atoms with Crippen molar-refractivity contribution < 1.29 is 14.9 Å². The number of hydrogen-bond donors (Lipinski definition) is 3. The van der Waals surface area contributed by atoms with Crippen LogP contribution in [0.25, 0.3) is 0 Å². The fourth-order valence-electron chi connectivity index (χ4n) is 1.86. The highest BCUT2D eigenvalue weighted by Gasteiger charge is 2.20. The molecule has 0 bridgehead atoms. The third-order valence-electron chi connectivity index (χ3n) is 3.15. The number of aliphatic hydroxyl groups is 1. The molecule has 108 valence electrons. The van der Waals surface area contributed by atoms with Crippen molar-refractivity contribution >= 4 is 0 Å². The van der Waals surface area contributed by atoms with Crippen LogP contribution in [0.2, 0.25) is 0 Å². The van der Waals surface area contributed by atoms with Crippen molar-refractivity contribution in [1.82, 2.24) is 5.32 Å². The summed E-state index contributed by atoms with van der Waals surface area (Å²) in [5, 5.41) is 22.7. The number of rotatable bonds is 8. The highest BCUT2D eigenvalue weighted by atomic mass is 16.5. The molecule has 4 heteroatoms. The third kappa shape index (κ3) is 6.57. The summed E-state index contributed by atoms with van der Waals surface area (Å²) < 4.78 is 4.98. The van der Waals surface area contributed by atoms with E-state index < -0.39 is 5.60 Å². The summed E-state index contributed by atoms with van der Waals surface area (Å²) in [6, 6.07) is 7.47. The zero-order valence-corrected chi connectivity index (χ0v) is 12.0. The maximum absolute atomic E-state index is 10.1. The topological polar surface area (TPSA) is 61.7 Å². The van der Waals surface area contributed by atoms with Gasteiger partial charge in [-0.2, -0.15) is 0 Å². The minimum absolute atomic E-state index is 0.263. The predicted octanol–water partition coefficient (Wildman–Crippen LogP) is 1.70. The molecule has 0 aliphatic heterocycles. The number of aromatic hydroxyl groups is 1. The summed E-state index contributed by atoms with van der Waals surface area (Å²) in [7, 11) is 1.64. The van der Waals surface area contributed by atoms with Gasteiger partial charge in [0.15, 0.2) is 0 Å². The van der Waals surface area contributed by atoms with Gasteiger partial charge in [-0.1, -0.05) is 12.1 Å². The normalized spacial score (nSPS) is 16.0. The van der Waals surface area contributed by atoms with Gasteiger partial charge in [0.2, 0.25) is 0 Å². The van der Waals surface area contributed by atoms with Crippen LogP contribution in [0.3, 0.4) is 0 Å². The van der Waals surface area contributed by atoms with Crippen LogP contribution >= 0.6 is 0 Å². The van der Waals surface area contributed by atoms with Crippen molar-refractivity contribution in [1.29, 1.82) is 0 Å². The van der Waals surface area contributed by atoms with E-state index in [0.717, 1.165) is 12.0 Å². The SMILES string of the molecule is COCCC(C)(O)CNC(C)Cc1ccc(O)cc1. The molecule has 0 heterocycles. The van der Waals surface area contributed by atoms with Crippen LogP contribution in [0.4, 0.5) is 0 Å². The lowest BCUT2D eigenvalue weighted by Gasteiger charge is -2.25. The van der Waals surface area contributed by atoms with E-state index in [1.807, 2.05) is 19.1 Å². The summed E-state index contributed by atoms with van der Waals surface area (Å²) in [5.41, 5.74) is 0.411. The van der Waals surface area contributed by atoms with Gasteiger partial charge < -0.3 is 20.3 Å². The number of ether oxygens (including phenoxy) is 1. The average Bonchev–Trinajstić information content (AvgIpc) is 2.37. The summed E-state index contributed by atoms with van der Waals surface area (Å²) in [5.74, 6) is 0.284. The molecule has 0 amide bonds. The molecule has 3 N–H and O–H groups in total. The highest BCUT2D eigenvalue weighted by Crippen LogP contribution is 2.12. The largest absolute Gasteiger partial charge is 0.508 e. The fourth-order valence-corrected chi connectivity index (χ4v) is 1.86. The van der Waals surface area contributed by atoms with Gasteiger partial charge in [0.25, 0.3) is 0 Å². The monoisotopic (exact) mass is 267 g/mol. The van der Waals surface area contributed by atoms with Crippen LogP contribution < -0.4 is 5.32 Å². The van der Waals surface area contributed by atoms with Gasteiger partial charge in [-0.15, -0.1) is 0 Å². The van der Waals surface area contributed by atoms with E-state index >= 15 is 0 Å². The zero-order chi connectivity index (χ0) is 14.3. The Balaban J connectivity index is 2.34. The lowest BCUT2D eigenvalue weighted by atomic mass is 10.0. The lowest BCUT2D eigenvalue weighted by molar-refractivity contribution is 0.0231. The molecule has 0 aromatic heterocycles. The van der Waals surface area contributed by atoms with Crippen molar-refractivity contribution in [2.24, 2.45) is 0 Å². The first kappa shape index (κ1) is 16.0. The smallest absolute Gasteiger partial charge is 0.115 e. The van der Waals surface area contributed by atoms with Crippen molar-refractivity contribution in [2.45, 2.75) is 38.3 Å². The summed E-state index contributed by atoms with van der Waals surface area (Å²) >= 11 is 0. The molecule has 1 aromatic carbocycles. The molecular weight excluding hydrogens is 242 g/mol. The molecule has 1 rings (SSSR count). The van der Waals surface area contributed by atoms with Gasteiger partial charge >= 0.3 is 0 Å². The number of phenols is 1. The van der Waals surface area contributed by atoms with Gasteiger partial charge in [0.1, 0.15) is 5.75 Å². The Bertz CT molecular complexity index is 362. The number of methoxy groups -OCH3 is 1. The lowest BCUT2D eigenvalue weighted by Crippen LogP contribution is -2.42. The second kappa shape index (κ2) is 7.48. The molecule has 0 saturated carbocycles. The first-order valence-corrected chi connectivity index (χ1v) is 6.65. The maximum Gasteiger partial charge on any atom is 0.115 e. The summed E-state index contributed by atoms with van der Waals surface area (Å²) in [6.45, 7) is 4.99. The predicted molar refractivity (Wildman–Crippen MR) is 76.4 cm³/mol. The van der Waals surface area contributed by atoms with Crippen molar-refractivity contribution in [3.05, 3.63) is 29.8 Å². The molecular formula is C15H25NO3. The Kier molecular flexibility index (Phi) is 6.28. The zero-order valence-electron chi connectivity index (χ0n) is 12.0. The average molecular weight is 267 g/mol. The van der Waals surface area contributed by atoms with E-state index in [1.54, 1.807) is 19.2 Å². The van der Waals surface area contributed by atoms with Crippen LogP contribution in [0.1, 0.15) is 25.8 Å². The minimum atomic E-state index is -0.751. The first-order chi connectivity index (χ1) is 8.93. The number of nitrogens with one attached hydrogen (secondary N) is 1. The van der Waals surface area contributed by atoms with Crippen molar-refractivity contribution in [2.75, 3.05) is 20.3 Å². The number of phenolic OH excluding ortho intramolecular Hbond substituents is 1. The van der Waals surface area contributed by atoms with E-state index in [1.165, 1.54) is 0 Å². The Morgan fingerprint density at radius 1 is 1.32 bits per heavy atom. The van der Waals surface area contributed by atoms with Gasteiger partial charge in [-0.3, -0.25) is 0 Å². The van der Waals surface area contributed by atoms with E-state index in [2.05, 4.69) is 12.2 Å². The second-order valence-electron chi connectivity index (χ2n) is 5.39. The quantitative estimate of drug-likeness (QED) is 0.671. The Morgan fingerprint density at radius 3 is 2.53 bits per heavy atom. The molecule has 19 heavy (non-hydrogen) atoms. The number of hydrogen-bond acceptors (Lipinski definition) is 4. The van der Waals surface area contributed by atoms with Gasteiger partial charge in [0.05, 0.1) is 5.60 Å². The standard InChI is InChI=1S/C15H25NO3/c1-12(10-13-4-6-14(17)7-5-13)16-11-15(2,18)8-9-19-3/h4-7,12,16-18H,8-11H2,1-3H3. The highest BCUT2D eigenvalue weighted by molar-refractivity contribution is 5.26. The van der Waals surface area contributed by atoms with Crippen molar-refractivity contribution in [3.8, 4) is 5.75 Å². The van der Waals surface area contributed by atoms with Gasteiger partial charge in [-0.25, -0.2) is 0 Å². The Hall–Kier alpha value is -1.10. The maximum atomic E-state index is 10.1. The molecule has 2 atom stereocenters. The molecule has 4 nitrogen and oxygen atoms in total. The minimum Gasteiger partial charge on any atom is -0.508 e. The van der Waals surface area contributed by atoms with E-state index in [-0.39, 0.29) is 11.8 Å². The van der Waals surface area contributed by atoms with E-state index in [9.17, 15) is 10.2 Å². The Morgan fingerprint density at radius 2 is 1.95 bits per heavy atom. The molecule has 0 aliphatic carbocycles. The summed E-state index contributed by atoms with van der Waals surface area (Å²) in [6.07, 6.45) is 1.48. The molecule has 0 aliphatic rings. The second-order valence-corrected chi connectivity index (χ2v) is 5.39. The molecule has 0 radical (unpaired) electrons. The number of benzene rings is 1. The molecule has 2 unspecified atom stereocenters. The van der Waals surface area contributed by atoms with Crippen LogP contribution in [0, 0.1) is 0 Å². The van der Waals surface area contributed by atoms with E-state index in [4.69, 9.17) is 4.74 Å². The first-order valence-electron chi connectivity index (χ1n) is 6.65.